The van der Waals surface area contributed by atoms with Gasteiger partial charge in [0.05, 0.1) is 13.2 Å². The number of nitrogens with zero attached hydrogens (tertiary/aromatic N) is 1. The van der Waals surface area contributed by atoms with Crippen molar-refractivity contribution in [2.24, 2.45) is 0 Å². The lowest BCUT2D eigenvalue weighted by molar-refractivity contribution is 0.173. The molecular weight excluding hydrogens is 352 g/mol. The zero-order valence-corrected chi connectivity index (χ0v) is 15.6. The lowest BCUT2D eigenvalue weighted by Gasteiger charge is -2.32. The van der Waals surface area contributed by atoms with Crippen molar-refractivity contribution >= 4 is 11.6 Å². The minimum absolute atomic E-state index is 0.0399. The summed E-state index contributed by atoms with van der Waals surface area (Å²) in [6, 6.07) is 12.0. The van der Waals surface area contributed by atoms with Crippen molar-refractivity contribution in [1.29, 1.82) is 0 Å². The molecule has 0 bridgehead atoms. The van der Waals surface area contributed by atoms with Gasteiger partial charge in [0.1, 0.15) is 5.75 Å². The first kappa shape index (κ1) is 17.5. The van der Waals surface area contributed by atoms with E-state index in [9.17, 15) is 0 Å². The van der Waals surface area contributed by atoms with Crippen LogP contribution in [0.5, 0.6) is 17.2 Å². The fourth-order valence-corrected chi connectivity index (χ4v) is 3.89. The number of methoxy groups -OCH3 is 1. The van der Waals surface area contributed by atoms with Gasteiger partial charge in [0.2, 0.25) is 6.79 Å². The highest BCUT2D eigenvalue weighted by Crippen LogP contribution is 2.41. The fraction of sp³-hybridized carbons (Fsp3) is 0.400. The number of rotatable bonds is 4. The molecule has 0 aliphatic carbocycles. The Morgan fingerprint density at radius 3 is 2.85 bits per heavy atom. The predicted octanol–water partition coefficient (Wildman–Crippen LogP) is 3.46. The van der Waals surface area contributed by atoms with Gasteiger partial charge in [0.15, 0.2) is 11.5 Å². The van der Waals surface area contributed by atoms with E-state index in [0.29, 0.717) is 5.02 Å². The predicted molar refractivity (Wildman–Crippen MR) is 101 cm³/mol. The second kappa shape index (κ2) is 7.74. The molecule has 2 aliphatic rings. The van der Waals surface area contributed by atoms with Crippen molar-refractivity contribution in [1.82, 2.24) is 10.2 Å². The molecule has 26 heavy (non-hydrogen) atoms. The first-order valence-corrected chi connectivity index (χ1v) is 9.32. The van der Waals surface area contributed by atoms with Crippen LogP contribution < -0.4 is 19.5 Å². The van der Waals surface area contributed by atoms with E-state index in [2.05, 4.69) is 22.3 Å². The highest BCUT2D eigenvalue weighted by molar-refractivity contribution is 6.30. The quantitative estimate of drug-likeness (QED) is 0.887. The molecule has 5 nitrogen and oxygen atoms in total. The first-order chi connectivity index (χ1) is 12.8. The van der Waals surface area contributed by atoms with Crippen LogP contribution in [0.4, 0.5) is 0 Å². The highest BCUT2D eigenvalue weighted by Gasteiger charge is 2.28. The number of hydrogen-bond donors (Lipinski definition) is 1. The number of fused-ring (bicyclic) bond motifs is 1. The van der Waals surface area contributed by atoms with Crippen LogP contribution in [-0.2, 0) is 0 Å². The maximum Gasteiger partial charge on any atom is 0.231 e. The van der Waals surface area contributed by atoms with Gasteiger partial charge >= 0.3 is 0 Å². The molecule has 2 aliphatic heterocycles. The number of benzene rings is 2. The maximum atomic E-state index is 6.34. The van der Waals surface area contributed by atoms with Gasteiger partial charge < -0.3 is 19.5 Å². The largest absolute Gasteiger partial charge is 0.496 e. The minimum atomic E-state index is 0.0399. The van der Waals surface area contributed by atoms with Crippen LogP contribution in [0.2, 0.25) is 5.02 Å². The molecule has 2 heterocycles. The minimum Gasteiger partial charge on any atom is -0.496 e. The van der Waals surface area contributed by atoms with Crippen LogP contribution >= 0.6 is 11.6 Å². The molecule has 1 N–H and O–H groups in total. The van der Waals surface area contributed by atoms with Crippen LogP contribution in [0.3, 0.4) is 0 Å². The Hall–Kier alpha value is -1.95. The Bertz CT molecular complexity index is 776. The maximum absolute atomic E-state index is 6.34. The molecule has 2 aromatic carbocycles. The van der Waals surface area contributed by atoms with E-state index in [0.717, 1.165) is 61.0 Å². The molecule has 1 atom stereocenters. The third-order valence-electron chi connectivity index (χ3n) is 4.94. The molecule has 1 unspecified atom stereocenters. The van der Waals surface area contributed by atoms with Gasteiger partial charge in [-0.2, -0.15) is 0 Å². The van der Waals surface area contributed by atoms with Crippen molar-refractivity contribution in [2.45, 2.75) is 12.5 Å². The lowest BCUT2D eigenvalue weighted by atomic mass is 9.95. The van der Waals surface area contributed by atoms with Gasteiger partial charge in [0.25, 0.3) is 0 Å². The molecule has 0 spiro atoms. The van der Waals surface area contributed by atoms with Crippen LogP contribution in [0, 0.1) is 0 Å². The van der Waals surface area contributed by atoms with Crippen molar-refractivity contribution in [3.63, 3.8) is 0 Å². The summed E-state index contributed by atoms with van der Waals surface area (Å²) in [6.45, 7) is 4.23. The summed E-state index contributed by atoms with van der Waals surface area (Å²) in [4.78, 5) is 2.48. The molecule has 4 rings (SSSR count). The van der Waals surface area contributed by atoms with E-state index in [4.69, 9.17) is 25.8 Å². The van der Waals surface area contributed by atoms with E-state index in [1.807, 2.05) is 24.3 Å². The van der Waals surface area contributed by atoms with Gasteiger partial charge in [-0.1, -0.05) is 17.7 Å². The van der Waals surface area contributed by atoms with E-state index in [1.54, 1.807) is 7.11 Å². The molecule has 0 saturated carbocycles. The fourth-order valence-electron chi connectivity index (χ4n) is 3.71. The second-order valence-electron chi connectivity index (χ2n) is 6.54. The van der Waals surface area contributed by atoms with E-state index >= 15 is 0 Å². The third kappa shape index (κ3) is 3.47. The van der Waals surface area contributed by atoms with E-state index in [1.165, 1.54) is 0 Å². The SMILES string of the molecule is COc1ccc(Cl)cc1C(c1ccc2c(c1)OCO2)N1CCCNCC1. The summed E-state index contributed by atoms with van der Waals surface area (Å²) in [6.07, 6.45) is 1.10. The third-order valence-corrected chi connectivity index (χ3v) is 5.17. The molecule has 1 fully saturated rings. The molecule has 0 aromatic heterocycles. The summed E-state index contributed by atoms with van der Waals surface area (Å²) in [7, 11) is 1.70. The Morgan fingerprint density at radius 1 is 1.08 bits per heavy atom. The molecule has 1 saturated heterocycles. The van der Waals surface area contributed by atoms with Gasteiger partial charge in [0, 0.05) is 30.2 Å². The van der Waals surface area contributed by atoms with Crippen LogP contribution in [0.15, 0.2) is 36.4 Å². The van der Waals surface area contributed by atoms with Crippen molar-refractivity contribution in [2.75, 3.05) is 40.1 Å². The van der Waals surface area contributed by atoms with Crippen LogP contribution in [0.1, 0.15) is 23.6 Å². The van der Waals surface area contributed by atoms with E-state index in [-0.39, 0.29) is 12.8 Å². The topological polar surface area (TPSA) is 43.0 Å². The summed E-state index contributed by atoms with van der Waals surface area (Å²) >= 11 is 6.34. The number of ether oxygens (including phenoxy) is 3. The average molecular weight is 375 g/mol. The second-order valence-corrected chi connectivity index (χ2v) is 6.98. The Labute approximate surface area is 158 Å². The molecule has 0 radical (unpaired) electrons. The Morgan fingerprint density at radius 2 is 1.96 bits per heavy atom. The van der Waals surface area contributed by atoms with Gasteiger partial charge in [-0.3, -0.25) is 4.90 Å². The monoisotopic (exact) mass is 374 g/mol. The molecule has 6 heteroatoms. The van der Waals surface area contributed by atoms with Crippen molar-refractivity contribution in [3.05, 3.63) is 52.5 Å². The lowest BCUT2D eigenvalue weighted by Crippen LogP contribution is -2.33. The molecule has 2 aromatic rings. The Balaban J connectivity index is 1.80. The average Bonchev–Trinajstić information content (AvgIpc) is 2.96. The highest BCUT2D eigenvalue weighted by atomic mass is 35.5. The number of halogens is 1. The van der Waals surface area contributed by atoms with Gasteiger partial charge in [-0.25, -0.2) is 0 Å². The summed E-state index contributed by atoms with van der Waals surface area (Å²) in [5.41, 5.74) is 2.22. The summed E-state index contributed by atoms with van der Waals surface area (Å²) in [5, 5.41) is 4.18. The summed E-state index contributed by atoms with van der Waals surface area (Å²) < 4.78 is 16.7. The van der Waals surface area contributed by atoms with Crippen LogP contribution in [0.25, 0.3) is 0 Å². The molecule has 138 valence electrons. The zero-order valence-electron chi connectivity index (χ0n) is 14.8. The first-order valence-electron chi connectivity index (χ1n) is 8.94. The number of nitrogens with one attached hydrogen (secondary N) is 1. The van der Waals surface area contributed by atoms with Crippen molar-refractivity contribution in [3.8, 4) is 17.2 Å². The van der Waals surface area contributed by atoms with Gasteiger partial charge in [-0.05, 0) is 48.9 Å². The number of hydrogen-bond acceptors (Lipinski definition) is 5. The van der Waals surface area contributed by atoms with E-state index < -0.39 is 0 Å². The molecular formula is C20H23ClN2O3. The van der Waals surface area contributed by atoms with Crippen LogP contribution in [-0.4, -0.2) is 45.0 Å². The van der Waals surface area contributed by atoms with Gasteiger partial charge in [-0.15, -0.1) is 0 Å². The standard InChI is InChI=1S/C20H23ClN2O3/c1-24-17-6-4-15(21)12-16(17)20(23-9-2-7-22-8-10-23)14-3-5-18-19(11-14)26-13-25-18/h3-6,11-12,20,22H,2,7-10,13H2,1H3. The zero-order chi connectivity index (χ0) is 17.9. The normalized spacial score (nSPS) is 18.4. The van der Waals surface area contributed by atoms with Crippen molar-refractivity contribution < 1.29 is 14.2 Å². The molecule has 0 amide bonds. The Kier molecular flexibility index (Phi) is 5.20. The summed E-state index contributed by atoms with van der Waals surface area (Å²) in [5.74, 6) is 2.43. The smallest absolute Gasteiger partial charge is 0.231 e.